The maximum atomic E-state index is 10.4. The van der Waals surface area contributed by atoms with E-state index in [2.05, 4.69) is 10.6 Å². The third-order valence-electron chi connectivity index (χ3n) is 1.51. The number of rotatable bonds is 2. The van der Waals surface area contributed by atoms with Gasteiger partial charge in [-0.15, -0.1) is 0 Å². The van der Waals surface area contributed by atoms with E-state index in [1.165, 1.54) is 0 Å². The highest BCUT2D eigenvalue weighted by molar-refractivity contribution is 5.85. The first-order chi connectivity index (χ1) is 5.13. The fourth-order valence-corrected chi connectivity index (χ4v) is 0.974. The molecular formula is C5H8N2O4. The molecule has 62 valence electrons. The lowest BCUT2D eigenvalue weighted by Crippen LogP contribution is -2.45. The van der Waals surface area contributed by atoms with E-state index in [0.717, 1.165) is 0 Å². The number of aliphatic carboxylic acids is 2. The highest BCUT2D eigenvalue weighted by atomic mass is 16.4. The molecule has 2 unspecified atom stereocenters. The summed E-state index contributed by atoms with van der Waals surface area (Å²) < 4.78 is 0. The zero-order valence-corrected chi connectivity index (χ0v) is 5.57. The Morgan fingerprint density at radius 1 is 1.09 bits per heavy atom. The molecule has 0 spiro atoms. The highest BCUT2D eigenvalue weighted by Gasteiger charge is 2.37. The van der Waals surface area contributed by atoms with Crippen LogP contribution in [-0.4, -0.2) is 40.9 Å². The standard InChI is InChI=1S/C5H8N2O4/c8-4(9)2-3(5(10)11)7-1-6-2/h2-3,6-7H,1H2,(H,8,9)(H,10,11). The van der Waals surface area contributed by atoms with Crippen LogP contribution in [0, 0.1) is 0 Å². The van der Waals surface area contributed by atoms with Crippen LogP contribution in [0.3, 0.4) is 0 Å². The summed E-state index contributed by atoms with van der Waals surface area (Å²) in [4.78, 5) is 20.7. The summed E-state index contributed by atoms with van der Waals surface area (Å²) in [6.07, 6.45) is 0. The van der Waals surface area contributed by atoms with E-state index in [1.54, 1.807) is 0 Å². The molecule has 1 rings (SSSR count). The van der Waals surface area contributed by atoms with Gasteiger partial charge in [0.25, 0.3) is 0 Å². The quantitative estimate of drug-likeness (QED) is 0.374. The summed E-state index contributed by atoms with van der Waals surface area (Å²) in [5, 5.41) is 21.9. The average Bonchev–Trinajstić information content (AvgIpc) is 2.32. The molecule has 11 heavy (non-hydrogen) atoms. The SMILES string of the molecule is O=C(O)C1NCNC1C(=O)O. The number of hydrogen-bond acceptors (Lipinski definition) is 4. The third kappa shape index (κ3) is 1.47. The predicted molar refractivity (Wildman–Crippen MR) is 34.0 cm³/mol. The molecule has 1 saturated heterocycles. The molecule has 1 aliphatic heterocycles. The Hall–Kier alpha value is -1.14. The van der Waals surface area contributed by atoms with Gasteiger partial charge in [-0.3, -0.25) is 20.2 Å². The summed E-state index contributed by atoms with van der Waals surface area (Å²) in [5.41, 5.74) is 0. The molecule has 6 nitrogen and oxygen atoms in total. The summed E-state index contributed by atoms with van der Waals surface area (Å²) in [7, 11) is 0. The van der Waals surface area contributed by atoms with E-state index >= 15 is 0 Å². The van der Waals surface area contributed by atoms with E-state index in [1.807, 2.05) is 0 Å². The van der Waals surface area contributed by atoms with Crippen LogP contribution in [-0.2, 0) is 9.59 Å². The van der Waals surface area contributed by atoms with Crippen LogP contribution in [0.1, 0.15) is 0 Å². The topological polar surface area (TPSA) is 98.7 Å². The third-order valence-corrected chi connectivity index (χ3v) is 1.51. The van der Waals surface area contributed by atoms with Crippen LogP contribution < -0.4 is 10.6 Å². The van der Waals surface area contributed by atoms with E-state index < -0.39 is 24.0 Å². The predicted octanol–water partition coefficient (Wildman–Crippen LogP) is -1.96. The monoisotopic (exact) mass is 160 g/mol. The van der Waals surface area contributed by atoms with Crippen LogP contribution in [0.4, 0.5) is 0 Å². The van der Waals surface area contributed by atoms with Crippen LogP contribution in [0.5, 0.6) is 0 Å². The molecule has 0 aromatic rings. The van der Waals surface area contributed by atoms with Gasteiger partial charge in [0.2, 0.25) is 0 Å². The van der Waals surface area contributed by atoms with Crippen LogP contribution in [0.15, 0.2) is 0 Å². The van der Waals surface area contributed by atoms with Crippen molar-refractivity contribution in [2.75, 3.05) is 6.67 Å². The van der Waals surface area contributed by atoms with Gasteiger partial charge in [-0.05, 0) is 0 Å². The van der Waals surface area contributed by atoms with Gasteiger partial charge in [0.05, 0.1) is 0 Å². The Labute approximate surface area is 62.2 Å². The van der Waals surface area contributed by atoms with Crippen molar-refractivity contribution in [3.8, 4) is 0 Å². The van der Waals surface area contributed by atoms with Crippen LogP contribution >= 0.6 is 0 Å². The molecule has 0 saturated carbocycles. The van der Waals surface area contributed by atoms with Crippen molar-refractivity contribution in [3.63, 3.8) is 0 Å². The van der Waals surface area contributed by atoms with Crippen molar-refractivity contribution in [3.05, 3.63) is 0 Å². The second-order valence-electron chi connectivity index (χ2n) is 2.22. The van der Waals surface area contributed by atoms with Crippen LogP contribution in [0.25, 0.3) is 0 Å². The van der Waals surface area contributed by atoms with E-state index in [0.29, 0.717) is 0 Å². The minimum absolute atomic E-state index is 0.216. The first-order valence-corrected chi connectivity index (χ1v) is 3.05. The molecule has 1 heterocycles. The van der Waals surface area contributed by atoms with Gasteiger partial charge in [-0.1, -0.05) is 0 Å². The van der Waals surface area contributed by atoms with Gasteiger partial charge in [0.15, 0.2) is 0 Å². The second-order valence-corrected chi connectivity index (χ2v) is 2.22. The Kier molecular flexibility index (Phi) is 2.06. The minimum Gasteiger partial charge on any atom is -0.480 e. The number of carboxylic acid groups (broad SMARTS) is 2. The van der Waals surface area contributed by atoms with Gasteiger partial charge >= 0.3 is 11.9 Å². The molecule has 0 radical (unpaired) electrons. The first kappa shape index (κ1) is 7.96. The number of hydrogen-bond donors (Lipinski definition) is 4. The number of carboxylic acids is 2. The lowest BCUT2D eigenvalue weighted by molar-refractivity contribution is -0.146. The normalized spacial score (nSPS) is 30.2. The maximum Gasteiger partial charge on any atom is 0.323 e. The molecule has 0 aromatic heterocycles. The van der Waals surface area contributed by atoms with Gasteiger partial charge in [-0.25, -0.2) is 0 Å². The van der Waals surface area contributed by atoms with Gasteiger partial charge in [0.1, 0.15) is 12.1 Å². The molecular weight excluding hydrogens is 152 g/mol. The molecule has 1 aliphatic rings. The van der Waals surface area contributed by atoms with Gasteiger partial charge in [-0.2, -0.15) is 0 Å². The molecule has 2 atom stereocenters. The summed E-state index contributed by atoms with van der Waals surface area (Å²) >= 11 is 0. The van der Waals surface area contributed by atoms with Crippen molar-refractivity contribution in [1.82, 2.24) is 10.6 Å². The fraction of sp³-hybridized carbons (Fsp3) is 0.600. The van der Waals surface area contributed by atoms with E-state index in [4.69, 9.17) is 10.2 Å². The van der Waals surface area contributed by atoms with Gasteiger partial charge < -0.3 is 10.2 Å². The zero-order valence-electron chi connectivity index (χ0n) is 5.57. The number of nitrogens with one attached hydrogen (secondary N) is 2. The molecule has 0 aliphatic carbocycles. The second kappa shape index (κ2) is 2.85. The minimum atomic E-state index is -1.15. The summed E-state index contributed by atoms with van der Waals surface area (Å²) in [6.45, 7) is 0.216. The summed E-state index contributed by atoms with van der Waals surface area (Å²) in [5.74, 6) is -2.30. The Bertz CT molecular complexity index is 173. The molecule has 4 N–H and O–H groups in total. The van der Waals surface area contributed by atoms with E-state index in [9.17, 15) is 9.59 Å². The van der Waals surface area contributed by atoms with Crippen molar-refractivity contribution in [2.45, 2.75) is 12.1 Å². The molecule has 0 bridgehead atoms. The maximum absolute atomic E-state index is 10.4. The lowest BCUT2D eigenvalue weighted by atomic mass is 10.1. The Morgan fingerprint density at radius 3 is 1.73 bits per heavy atom. The molecule has 0 amide bonds. The number of carbonyl (C=O) groups is 2. The van der Waals surface area contributed by atoms with Crippen molar-refractivity contribution in [2.24, 2.45) is 0 Å². The molecule has 6 heteroatoms. The Balaban J connectivity index is 2.65. The zero-order chi connectivity index (χ0) is 8.43. The lowest BCUT2D eigenvalue weighted by Gasteiger charge is -2.08. The highest BCUT2D eigenvalue weighted by Crippen LogP contribution is 1.99. The summed E-state index contributed by atoms with van der Waals surface area (Å²) in [6, 6.07) is -2.04. The van der Waals surface area contributed by atoms with Crippen LogP contribution in [0.2, 0.25) is 0 Å². The van der Waals surface area contributed by atoms with Crippen molar-refractivity contribution >= 4 is 11.9 Å². The average molecular weight is 160 g/mol. The molecule has 1 fully saturated rings. The fourth-order valence-electron chi connectivity index (χ4n) is 0.974. The van der Waals surface area contributed by atoms with E-state index in [-0.39, 0.29) is 6.67 Å². The van der Waals surface area contributed by atoms with Crippen molar-refractivity contribution < 1.29 is 19.8 Å². The Morgan fingerprint density at radius 2 is 1.45 bits per heavy atom. The molecule has 0 aromatic carbocycles. The van der Waals surface area contributed by atoms with Crippen molar-refractivity contribution in [1.29, 1.82) is 0 Å². The largest absolute Gasteiger partial charge is 0.480 e. The van der Waals surface area contributed by atoms with Gasteiger partial charge in [0, 0.05) is 6.67 Å². The smallest absolute Gasteiger partial charge is 0.323 e. The first-order valence-electron chi connectivity index (χ1n) is 3.05.